The van der Waals surface area contributed by atoms with E-state index in [-0.39, 0.29) is 0 Å². The van der Waals surface area contributed by atoms with Gasteiger partial charge in [0.15, 0.2) is 11.5 Å². The lowest BCUT2D eigenvalue weighted by Gasteiger charge is -1.99. The maximum absolute atomic E-state index is 11.5. The van der Waals surface area contributed by atoms with Crippen molar-refractivity contribution in [1.82, 2.24) is 0 Å². The van der Waals surface area contributed by atoms with Crippen molar-refractivity contribution in [3.8, 4) is 0 Å². The van der Waals surface area contributed by atoms with Gasteiger partial charge < -0.3 is 0 Å². The van der Waals surface area contributed by atoms with Gasteiger partial charge in [-0.25, -0.2) is 0 Å². The van der Waals surface area contributed by atoms with Gasteiger partial charge in [0.05, 0.1) is 0 Å². The second-order valence-corrected chi connectivity index (χ2v) is 6.20. The Morgan fingerprint density at radius 1 is 1.23 bits per heavy atom. The zero-order chi connectivity index (χ0) is 9.52. The maximum atomic E-state index is 11.5. The molecule has 0 radical (unpaired) electrons. The topological polar surface area (TPSA) is 17.1 Å². The van der Waals surface area contributed by atoms with Gasteiger partial charge in [-0.3, -0.25) is 4.79 Å². The van der Waals surface area contributed by atoms with Crippen molar-refractivity contribution in [3.63, 3.8) is 0 Å². The summed E-state index contributed by atoms with van der Waals surface area (Å²) in [7, 11) is 0.488. The molecule has 0 saturated carbocycles. The van der Waals surface area contributed by atoms with Crippen molar-refractivity contribution in [1.29, 1.82) is 0 Å². The van der Waals surface area contributed by atoms with Crippen LogP contribution in [0.2, 0.25) is 0 Å². The molecule has 1 rings (SSSR count). The summed E-state index contributed by atoms with van der Waals surface area (Å²) in [5, 5.41) is 0. The van der Waals surface area contributed by atoms with E-state index in [1.54, 1.807) is 0 Å². The largest absolute Gasteiger partial charge is 0.294 e. The Bertz CT molecular complexity index is 150. The lowest BCUT2D eigenvalue weighted by Crippen LogP contribution is -2.17. The molecule has 0 spiro atoms. The van der Waals surface area contributed by atoms with E-state index in [9.17, 15) is 4.79 Å². The quantitative estimate of drug-likeness (QED) is 0.477. The molecule has 0 aliphatic carbocycles. The molecule has 1 fully saturated rings. The van der Waals surface area contributed by atoms with Crippen LogP contribution in [0.3, 0.4) is 0 Å². The van der Waals surface area contributed by atoms with Crippen molar-refractivity contribution in [3.05, 3.63) is 0 Å². The van der Waals surface area contributed by atoms with Crippen LogP contribution in [-0.4, -0.2) is 23.0 Å². The molecule has 0 aromatic carbocycles. The second kappa shape index (κ2) is 6.47. The minimum absolute atomic E-state index is 0.488. The van der Waals surface area contributed by atoms with Gasteiger partial charge in [0.1, 0.15) is 11.5 Å². The fourth-order valence-electron chi connectivity index (χ4n) is 1.73. The molecule has 1 aliphatic rings. The SMILES string of the molecule is CCCCCC(=O)C[S+]1CCCC1. The zero-order valence-electron chi connectivity index (χ0n) is 8.68. The van der Waals surface area contributed by atoms with E-state index in [0.29, 0.717) is 16.7 Å². The fraction of sp³-hybridized carbons (Fsp3) is 0.909. The Kier molecular flexibility index (Phi) is 5.52. The van der Waals surface area contributed by atoms with Gasteiger partial charge in [0.2, 0.25) is 0 Å². The lowest BCUT2D eigenvalue weighted by molar-refractivity contribution is -0.116. The summed E-state index contributed by atoms with van der Waals surface area (Å²) in [6.07, 6.45) is 7.14. The Morgan fingerprint density at radius 3 is 2.54 bits per heavy atom. The number of carbonyl (C=O) groups excluding carboxylic acids is 1. The van der Waals surface area contributed by atoms with Crippen LogP contribution in [0.4, 0.5) is 0 Å². The lowest BCUT2D eigenvalue weighted by atomic mass is 10.2. The number of Topliss-reactive ketones (excluding diaryl/α,β-unsaturated/α-hetero) is 1. The van der Waals surface area contributed by atoms with Crippen molar-refractivity contribution in [2.24, 2.45) is 0 Å². The minimum Gasteiger partial charge on any atom is -0.294 e. The standard InChI is InChI=1S/C11H21OS/c1-2-3-4-7-11(12)10-13-8-5-6-9-13/h2-10H2,1H3/q+1. The first-order chi connectivity index (χ1) is 6.33. The van der Waals surface area contributed by atoms with Gasteiger partial charge >= 0.3 is 0 Å². The van der Waals surface area contributed by atoms with Crippen molar-refractivity contribution >= 4 is 16.7 Å². The van der Waals surface area contributed by atoms with Crippen LogP contribution in [-0.2, 0) is 15.7 Å². The molecule has 0 aromatic rings. The van der Waals surface area contributed by atoms with Crippen LogP contribution >= 0.6 is 0 Å². The number of hydrogen-bond acceptors (Lipinski definition) is 1. The van der Waals surface area contributed by atoms with Crippen LogP contribution in [0.5, 0.6) is 0 Å². The molecule has 0 atom stereocenters. The van der Waals surface area contributed by atoms with Crippen LogP contribution in [0.25, 0.3) is 0 Å². The van der Waals surface area contributed by atoms with Crippen molar-refractivity contribution in [2.75, 3.05) is 17.3 Å². The number of hydrogen-bond donors (Lipinski definition) is 0. The van der Waals surface area contributed by atoms with E-state index in [1.165, 1.54) is 37.2 Å². The Balaban J connectivity index is 2.02. The molecule has 1 heterocycles. The van der Waals surface area contributed by atoms with Crippen molar-refractivity contribution < 1.29 is 4.79 Å². The van der Waals surface area contributed by atoms with Gasteiger partial charge in [0, 0.05) is 6.42 Å². The third-order valence-electron chi connectivity index (χ3n) is 2.54. The molecular weight excluding hydrogens is 180 g/mol. The maximum Gasteiger partial charge on any atom is 0.181 e. The van der Waals surface area contributed by atoms with E-state index < -0.39 is 0 Å². The fourth-order valence-corrected chi connectivity index (χ4v) is 4.05. The summed E-state index contributed by atoms with van der Waals surface area (Å²) in [5.41, 5.74) is 0. The highest BCUT2D eigenvalue weighted by Crippen LogP contribution is 2.14. The number of rotatable bonds is 6. The predicted octanol–water partition coefficient (Wildman–Crippen LogP) is 2.55. The highest BCUT2D eigenvalue weighted by Gasteiger charge is 2.26. The highest BCUT2D eigenvalue weighted by molar-refractivity contribution is 7.97. The third kappa shape index (κ3) is 4.70. The first-order valence-electron chi connectivity index (χ1n) is 5.48. The molecular formula is C11H21OS+. The van der Waals surface area contributed by atoms with Crippen LogP contribution in [0.1, 0.15) is 45.4 Å². The number of carbonyl (C=O) groups is 1. The highest BCUT2D eigenvalue weighted by atomic mass is 32.2. The summed E-state index contributed by atoms with van der Waals surface area (Å²) >= 11 is 0. The average molecular weight is 201 g/mol. The minimum atomic E-state index is 0.488. The van der Waals surface area contributed by atoms with Crippen LogP contribution in [0.15, 0.2) is 0 Å². The van der Waals surface area contributed by atoms with E-state index >= 15 is 0 Å². The summed E-state index contributed by atoms with van der Waals surface area (Å²) in [6, 6.07) is 0. The molecule has 0 amide bonds. The van der Waals surface area contributed by atoms with Crippen LogP contribution < -0.4 is 0 Å². The average Bonchev–Trinajstić information content (AvgIpc) is 2.57. The Hall–Kier alpha value is 0.0200. The molecule has 0 aromatic heterocycles. The zero-order valence-corrected chi connectivity index (χ0v) is 9.50. The van der Waals surface area contributed by atoms with Crippen LogP contribution in [0, 0.1) is 0 Å². The number of ketones is 1. The van der Waals surface area contributed by atoms with Gasteiger partial charge in [-0.1, -0.05) is 19.8 Å². The van der Waals surface area contributed by atoms with E-state index in [1.807, 2.05) is 0 Å². The third-order valence-corrected chi connectivity index (χ3v) is 5.00. The molecule has 1 aliphatic heterocycles. The smallest absolute Gasteiger partial charge is 0.181 e. The van der Waals surface area contributed by atoms with E-state index in [2.05, 4.69) is 6.92 Å². The molecule has 0 N–H and O–H groups in total. The normalized spacial score (nSPS) is 17.9. The molecule has 0 unspecified atom stereocenters. The first kappa shape index (κ1) is 11.1. The monoisotopic (exact) mass is 201 g/mol. The predicted molar refractivity (Wildman–Crippen MR) is 60.3 cm³/mol. The summed E-state index contributed by atoms with van der Waals surface area (Å²) in [5.74, 6) is 4.10. The molecule has 2 heteroatoms. The summed E-state index contributed by atoms with van der Waals surface area (Å²) < 4.78 is 0. The van der Waals surface area contributed by atoms with Crippen molar-refractivity contribution in [2.45, 2.75) is 45.4 Å². The summed E-state index contributed by atoms with van der Waals surface area (Å²) in [6.45, 7) is 2.18. The molecule has 1 nitrogen and oxygen atoms in total. The second-order valence-electron chi connectivity index (χ2n) is 3.87. The Labute approximate surface area is 84.6 Å². The molecule has 1 saturated heterocycles. The molecule has 13 heavy (non-hydrogen) atoms. The summed E-state index contributed by atoms with van der Waals surface area (Å²) in [4.78, 5) is 11.5. The number of unbranched alkanes of at least 4 members (excludes halogenated alkanes) is 2. The van der Waals surface area contributed by atoms with Gasteiger partial charge in [-0.2, -0.15) is 0 Å². The Morgan fingerprint density at radius 2 is 1.92 bits per heavy atom. The van der Waals surface area contributed by atoms with Gasteiger partial charge in [-0.15, -0.1) is 0 Å². The first-order valence-corrected chi connectivity index (χ1v) is 7.22. The van der Waals surface area contributed by atoms with E-state index in [4.69, 9.17) is 0 Å². The van der Waals surface area contributed by atoms with Gasteiger partial charge in [-0.05, 0) is 30.2 Å². The van der Waals surface area contributed by atoms with E-state index in [0.717, 1.165) is 18.6 Å². The van der Waals surface area contributed by atoms with Gasteiger partial charge in [0.25, 0.3) is 0 Å². The molecule has 76 valence electrons. The molecule has 0 bridgehead atoms.